The highest BCUT2D eigenvalue weighted by molar-refractivity contribution is 5.86. The predicted molar refractivity (Wildman–Crippen MR) is 70.1 cm³/mol. The van der Waals surface area contributed by atoms with Crippen molar-refractivity contribution in [1.29, 1.82) is 0 Å². The summed E-state index contributed by atoms with van der Waals surface area (Å²) in [6.07, 6.45) is 2.76. The number of hydrogen-bond donors (Lipinski definition) is 1. The van der Waals surface area contributed by atoms with Gasteiger partial charge in [0.15, 0.2) is 0 Å². The fourth-order valence-electron chi connectivity index (χ4n) is 2.96. The molecule has 1 N–H and O–H groups in total. The predicted octanol–water partition coefficient (Wildman–Crippen LogP) is 2.93. The highest BCUT2D eigenvalue weighted by Crippen LogP contribution is 2.33. The third kappa shape index (κ3) is 1.62. The molecule has 1 aromatic heterocycles. The maximum Gasteiger partial charge on any atom is 0.339 e. The Kier molecular flexibility index (Phi) is 2.44. The maximum absolute atomic E-state index is 12.0. The van der Waals surface area contributed by atoms with Crippen molar-refractivity contribution in [3.05, 3.63) is 39.2 Å². The quantitative estimate of drug-likeness (QED) is 0.725. The first-order valence-electron chi connectivity index (χ1n) is 6.34. The van der Waals surface area contributed by atoms with Crippen molar-refractivity contribution in [2.24, 2.45) is 5.92 Å². The van der Waals surface area contributed by atoms with Gasteiger partial charge in [-0.15, -0.1) is 0 Å². The van der Waals surface area contributed by atoms with Gasteiger partial charge in [-0.2, -0.15) is 0 Å². The fourth-order valence-corrected chi connectivity index (χ4v) is 2.96. The Bertz CT molecular complexity index is 682. The molecule has 0 saturated heterocycles. The number of aryl methyl sites for hydroxylation is 1. The molecule has 0 saturated carbocycles. The SMILES string of the molecule is Cc1cc(O)cc2oc(=O)c3c(c12)CC(C)CC3. The molecule has 0 bridgehead atoms. The summed E-state index contributed by atoms with van der Waals surface area (Å²) in [5.74, 6) is 0.739. The number of aromatic hydroxyl groups is 1. The first-order chi connectivity index (χ1) is 8.56. The molecule has 0 fully saturated rings. The van der Waals surface area contributed by atoms with Crippen molar-refractivity contribution < 1.29 is 9.52 Å². The molecule has 1 unspecified atom stereocenters. The summed E-state index contributed by atoms with van der Waals surface area (Å²) < 4.78 is 5.34. The van der Waals surface area contributed by atoms with Gasteiger partial charge in [-0.1, -0.05) is 6.92 Å². The van der Waals surface area contributed by atoms with E-state index in [4.69, 9.17) is 4.42 Å². The van der Waals surface area contributed by atoms with E-state index in [-0.39, 0.29) is 11.4 Å². The number of hydrogen-bond acceptors (Lipinski definition) is 3. The Morgan fingerprint density at radius 2 is 2.11 bits per heavy atom. The van der Waals surface area contributed by atoms with Crippen LogP contribution in [0, 0.1) is 12.8 Å². The molecule has 3 rings (SSSR count). The first-order valence-corrected chi connectivity index (χ1v) is 6.34. The van der Waals surface area contributed by atoms with Gasteiger partial charge in [0.05, 0.1) is 0 Å². The second kappa shape index (κ2) is 3.87. The van der Waals surface area contributed by atoms with E-state index in [1.165, 1.54) is 6.07 Å². The lowest BCUT2D eigenvalue weighted by atomic mass is 9.83. The molecule has 3 heteroatoms. The summed E-state index contributed by atoms with van der Waals surface area (Å²) in [6.45, 7) is 4.15. The molecule has 2 aromatic rings. The highest BCUT2D eigenvalue weighted by atomic mass is 16.4. The molecular formula is C15H16O3. The largest absolute Gasteiger partial charge is 0.508 e. The van der Waals surface area contributed by atoms with Crippen LogP contribution in [0.25, 0.3) is 11.0 Å². The monoisotopic (exact) mass is 244 g/mol. The van der Waals surface area contributed by atoms with Crippen molar-refractivity contribution in [2.45, 2.75) is 33.1 Å². The van der Waals surface area contributed by atoms with Crippen LogP contribution in [0.1, 0.15) is 30.0 Å². The van der Waals surface area contributed by atoms with Gasteiger partial charge < -0.3 is 9.52 Å². The summed E-state index contributed by atoms with van der Waals surface area (Å²) in [5, 5.41) is 10.6. The lowest BCUT2D eigenvalue weighted by Gasteiger charge is -2.22. The molecule has 0 radical (unpaired) electrons. The van der Waals surface area contributed by atoms with Gasteiger partial charge in [-0.05, 0) is 49.3 Å². The van der Waals surface area contributed by atoms with Gasteiger partial charge in [0.25, 0.3) is 0 Å². The Labute approximate surface area is 105 Å². The van der Waals surface area contributed by atoms with Crippen LogP contribution in [0.5, 0.6) is 5.75 Å². The van der Waals surface area contributed by atoms with E-state index in [1.807, 2.05) is 6.92 Å². The van der Waals surface area contributed by atoms with E-state index in [1.54, 1.807) is 6.07 Å². The number of phenols is 1. The van der Waals surface area contributed by atoms with E-state index in [9.17, 15) is 9.90 Å². The number of benzene rings is 1. The van der Waals surface area contributed by atoms with Gasteiger partial charge in [-0.3, -0.25) is 0 Å². The van der Waals surface area contributed by atoms with E-state index in [2.05, 4.69) is 6.92 Å². The number of fused-ring (bicyclic) bond motifs is 3. The Morgan fingerprint density at radius 3 is 2.89 bits per heavy atom. The zero-order valence-electron chi connectivity index (χ0n) is 10.6. The molecule has 1 aromatic carbocycles. The maximum atomic E-state index is 12.0. The highest BCUT2D eigenvalue weighted by Gasteiger charge is 2.22. The Hall–Kier alpha value is -1.77. The molecule has 0 amide bonds. The van der Waals surface area contributed by atoms with Gasteiger partial charge >= 0.3 is 5.63 Å². The average molecular weight is 244 g/mol. The molecule has 1 aliphatic rings. The van der Waals surface area contributed by atoms with Crippen molar-refractivity contribution in [2.75, 3.05) is 0 Å². The standard InChI is InChI=1S/C15H16O3/c1-8-3-4-11-12(5-8)14-9(2)6-10(16)7-13(14)18-15(11)17/h6-8,16H,3-5H2,1-2H3. The Morgan fingerprint density at radius 1 is 1.33 bits per heavy atom. The number of phenolic OH excluding ortho intramolecular Hbond substituents is 1. The molecule has 1 atom stereocenters. The zero-order valence-corrected chi connectivity index (χ0v) is 10.6. The van der Waals surface area contributed by atoms with E-state index >= 15 is 0 Å². The molecule has 1 aliphatic carbocycles. The van der Waals surface area contributed by atoms with Crippen LogP contribution >= 0.6 is 0 Å². The molecule has 0 aliphatic heterocycles. The third-order valence-corrected chi connectivity index (χ3v) is 3.84. The molecular weight excluding hydrogens is 228 g/mol. The second-order valence-electron chi connectivity index (χ2n) is 5.33. The lowest BCUT2D eigenvalue weighted by Crippen LogP contribution is -2.20. The van der Waals surface area contributed by atoms with Crippen LogP contribution < -0.4 is 5.63 Å². The van der Waals surface area contributed by atoms with E-state index in [0.29, 0.717) is 11.5 Å². The molecule has 1 heterocycles. The van der Waals surface area contributed by atoms with Gasteiger partial charge in [0.1, 0.15) is 11.3 Å². The first kappa shape index (κ1) is 11.3. The smallest absolute Gasteiger partial charge is 0.339 e. The van der Waals surface area contributed by atoms with Gasteiger partial charge in [0, 0.05) is 17.0 Å². The van der Waals surface area contributed by atoms with E-state index in [0.717, 1.165) is 41.3 Å². The lowest BCUT2D eigenvalue weighted by molar-refractivity contribution is 0.464. The average Bonchev–Trinajstić information content (AvgIpc) is 2.27. The molecule has 18 heavy (non-hydrogen) atoms. The normalized spacial score (nSPS) is 18.9. The van der Waals surface area contributed by atoms with Crippen LogP contribution in [-0.2, 0) is 12.8 Å². The van der Waals surface area contributed by atoms with Crippen molar-refractivity contribution >= 4 is 11.0 Å². The molecule has 94 valence electrons. The van der Waals surface area contributed by atoms with Crippen LogP contribution in [-0.4, -0.2) is 5.11 Å². The second-order valence-corrected chi connectivity index (χ2v) is 5.33. The van der Waals surface area contributed by atoms with Crippen LogP contribution in [0.2, 0.25) is 0 Å². The minimum Gasteiger partial charge on any atom is -0.508 e. The number of rotatable bonds is 0. The molecule has 3 nitrogen and oxygen atoms in total. The van der Waals surface area contributed by atoms with E-state index < -0.39 is 0 Å². The van der Waals surface area contributed by atoms with Crippen LogP contribution in [0.4, 0.5) is 0 Å². The van der Waals surface area contributed by atoms with Gasteiger partial charge in [0.2, 0.25) is 0 Å². The van der Waals surface area contributed by atoms with Crippen LogP contribution in [0.3, 0.4) is 0 Å². The van der Waals surface area contributed by atoms with Gasteiger partial charge in [-0.25, -0.2) is 4.79 Å². The third-order valence-electron chi connectivity index (χ3n) is 3.84. The fraction of sp³-hybridized carbons (Fsp3) is 0.400. The summed E-state index contributed by atoms with van der Waals surface area (Å²) >= 11 is 0. The summed E-state index contributed by atoms with van der Waals surface area (Å²) in [7, 11) is 0. The van der Waals surface area contributed by atoms with Crippen molar-refractivity contribution in [3.63, 3.8) is 0 Å². The minimum atomic E-state index is -0.241. The Balaban J connectivity index is 2.43. The summed E-state index contributed by atoms with van der Waals surface area (Å²) in [4.78, 5) is 12.0. The zero-order chi connectivity index (χ0) is 12.9. The van der Waals surface area contributed by atoms with Crippen molar-refractivity contribution in [3.8, 4) is 5.75 Å². The van der Waals surface area contributed by atoms with Crippen molar-refractivity contribution in [1.82, 2.24) is 0 Å². The topological polar surface area (TPSA) is 50.4 Å². The van der Waals surface area contributed by atoms with Crippen LogP contribution in [0.15, 0.2) is 21.3 Å². The summed E-state index contributed by atoms with van der Waals surface area (Å²) in [6, 6.07) is 3.26. The summed E-state index contributed by atoms with van der Waals surface area (Å²) in [5.41, 5.74) is 3.19. The molecule has 0 spiro atoms. The minimum absolute atomic E-state index is 0.145.